The fourth-order valence-electron chi connectivity index (χ4n) is 4.93. The summed E-state index contributed by atoms with van der Waals surface area (Å²) in [7, 11) is -3.79. The molecule has 166 valence electrons. The van der Waals surface area contributed by atoms with Gasteiger partial charge in [0.15, 0.2) is 9.84 Å². The first-order valence-corrected chi connectivity index (χ1v) is 12.3. The van der Waals surface area contributed by atoms with Crippen LogP contribution < -0.4 is 5.32 Å². The van der Waals surface area contributed by atoms with Gasteiger partial charge in [-0.1, -0.05) is 17.7 Å². The number of nitrogens with one attached hydrogen (secondary N) is 1. The molecule has 2 aromatic rings. The number of hydrogen-bond acceptors (Lipinski definition) is 4. The average Bonchev–Trinajstić information content (AvgIpc) is 2.87. The molecular formula is C23H25ClFNO4S. The van der Waals surface area contributed by atoms with Crippen LogP contribution in [0, 0.1) is 24.6 Å². The highest BCUT2D eigenvalue weighted by molar-refractivity contribution is 7.92. The second kappa shape index (κ2) is 7.87. The summed E-state index contributed by atoms with van der Waals surface area (Å²) in [6, 6.07) is 8.46. The molecule has 8 heteroatoms. The van der Waals surface area contributed by atoms with Gasteiger partial charge in [-0.2, -0.15) is 0 Å². The Balaban J connectivity index is 1.60. The molecule has 2 unspecified atom stereocenters. The predicted molar refractivity (Wildman–Crippen MR) is 118 cm³/mol. The van der Waals surface area contributed by atoms with E-state index in [1.807, 2.05) is 0 Å². The lowest BCUT2D eigenvalue weighted by molar-refractivity contribution is -0.0413. The number of aliphatic hydroxyl groups is 1. The van der Waals surface area contributed by atoms with E-state index in [9.17, 15) is 22.7 Å². The van der Waals surface area contributed by atoms with Gasteiger partial charge in [0.25, 0.3) is 5.91 Å². The Labute approximate surface area is 186 Å². The van der Waals surface area contributed by atoms with Crippen molar-refractivity contribution < 1.29 is 22.7 Å². The van der Waals surface area contributed by atoms with Crippen LogP contribution in [0.2, 0.25) is 5.02 Å². The van der Waals surface area contributed by atoms with Crippen LogP contribution in [0.15, 0.2) is 41.3 Å². The van der Waals surface area contributed by atoms with E-state index in [0.29, 0.717) is 18.4 Å². The van der Waals surface area contributed by atoms with E-state index in [1.54, 1.807) is 26.0 Å². The first-order chi connectivity index (χ1) is 14.5. The topological polar surface area (TPSA) is 83.5 Å². The lowest BCUT2D eigenvalue weighted by Gasteiger charge is -2.40. The Bertz CT molecular complexity index is 1130. The summed E-state index contributed by atoms with van der Waals surface area (Å²) < 4.78 is 40.6. The number of carbonyl (C=O) groups is 1. The molecule has 2 aliphatic rings. The zero-order valence-electron chi connectivity index (χ0n) is 17.4. The van der Waals surface area contributed by atoms with Crippen molar-refractivity contribution in [1.29, 1.82) is 0 Å². The lowest BCUT2D eigenvalue weighted by Crippen LogP contribution is -2.45. The van der Waals surface area contributed by atoms with Gasteiger partial charge in [-0.15, -0.1) is 0 Å². The van der Waals surface area contributed by atoms with Crippen molar-refractivity contribution in [2.24, 2.45) is 11.8 Å². The molecule has 2 aromatic carbocycles. The van der Waals surface area contributed by atoms with Crippen LogP contribution in [0.4, 0.5) is 10.1 Å². The predicted octanol–water partition coefficient (Wildman–Crippen LogP) is 4.75. The Morgan fingerprint density at radius 2 is 1.81 bits per heavy atom. The highest BCUT2D eigenvalue weighted by atomic mass is 35.5. The number of carbonyl (C=O) groups excluding carboxylic acids is 1. The molecule has 31 heavy (non-hydrogen) atoms. The molecule has 0 aliphatic heterocycles. The van der Waals surface area contributed by atoms with Gasteiger partial charge in [-0.25, -0.2) is 12.8 Å². The largest absolute Gasteiger partial charge is 0.390 e. The van der Waals surface area contributed by atoms with E-state index in [1.165, 1.54) is 24.3 Å². The summed E-state index contributed by atoms with van der Waals surface area (Å²) in [5.41, 5.74) is 0.0208. The number of rotatable bonds is 4. The standard InChI is InChI=1S/C23H25ClFNO4S/c1-13-3-7-17(12-20(13)25)26-22(27)14-4-8-19(24)21(9-14)31(29,30)18-10-15-5-6-16(11-18)23(15,2)28/h3-4,7-9,12,15-16,18,28H,5-6,10-11H2,1-2H3,(H,26,27). The van der Waals surface area contributed by atoms with Gasteiger partial charge in [-0.3, -0.25) is 4.79 Å². The van der Waals surface area contributed by atoms with Crippen LogP contribution in [0.1, 0.15) is 48.5 Å². The van der Waals surface area contributed by atoms with Gasteiger partial charge < -0.3 is 10.4 Å². The summed E-state index contributed by atoms with van der Waals surface area (Å²) >= 11 is 6.24. The maximum absolute atomic E-state index is 13.8. The Kier molecular flexibility index (Phi) is 5.65. The second-order valence-electron chi connectivity index (χ2n) is 8.90. The summed E-state index contributed by atoms with van der Waals surface area (Å²) in [5.74, 6) is -1.12. The molecule has 2 aliphatic carbocycles. The van der Waals surface area contributed by atoms with Crippen LogP contribution in [0.3, 0.4) is 0 Å². The van der Waals surface area contributed by atoms with Crippen LogP contribution in [0.25, 0.3) is 0 Å². The smallest absolute Gasteiger partial charge is 0.255 e. The number of anilines is 1. The second-order valence-corrected chi connectivity index (χ2v) is 11.5. The first kappa shape index (κ1) is 22.2. The Morgan fingerprint density at radius 3 is 2.42 bits per heavy atom. The molecule has 2 N–H and O–H groups in total. The molecule has 0 aromatic heterocycles. The number of hydrogen-bond donors (Lipinski definition) is 2. The molecule has 0 heterocycles. The molecule has 0 radical (unpaired) electrons. The Morgan fingerprint density at radius 1 is 1.16 bits per heavy atom. The van der Waals surface area contributed by atoms with Crippen LogP contribution in [-0.4, -0.2) is 30.3 Å². The summed E-state index contributed by atoms with van der Waals surface area (Å²) in [6.45, 7) is 3.41. The number of benzene rings is 2. The molecule has 5 nitrogen and oxygen atoms in total. The summed E-state index contributed by atoms with van der Waals surface area (Å²) in [5, 5.41) is 12.7. The maximum Gasteiger partial charge on any atom is 0.255 e. The van der Waals surface area contributed by atoms with Gasteiger partial charge in [0.1, 0.15) is 5.82 Å². The lowest BCUT2D eigenvalue weighted by atomic mass is 9.76. The average molecular weight is 466 g/mol. The zero-order valence-corrected chi connectivity index (χ0v) is 18.9. The fraction of sp³-hybridized carbons (Fsp3) is 0.435. The minimum absolute atomic E-state index is 0.0580. The molecule has 0 spiro atoms. The number of sulfone groups is 1. The highest BCUT2D eigenvalue weighted by Crippen LogP contribution is 2.51. The Hall–Kier alpha value is -1.96. The monoisotopic (exact) mass is 465 g/mol. The molecule has 2 atom stereocenters. The fourth-order valence-corrected chi connectivity index (χ4v) is 7.34. The van der Waals surface area contributed by atoms with Gasteiger partial charge in [0, 0.05) is 11.3 Å². The molecule has 1 amide bonds. The molecule has 4 rings (SSSR count). The first-order valence-electron chi connectivity index (χ1n) is 10.3. The SMILES string of the molecule is Cc1ccc(NC(=O)c2ccc(Cl)c(S(=O)(=O)C3CC4CCC(C3)C4(C)O)c2)cc1F. The van der Waals surface area contributed by atoms with Gasteiger partial charge in [0.2, 0.25) is 0 Å². The van der Waals surface area contributed by atoms with Crippen LogP contribution in [0.5, 0.6) is 0 Å². The van der Waals surface area contributed by atoms with Crippen molar-refractivity contribution >= 4 is 33.0 Å². The zero-order chi connectivity index (χ0) is 22.6. The minimum Gasteiger partial charge on any atom is -0.390 e. The summed E-state index contributed by atoms with van der Waals surface area (Å²) in [6.07, 6.45) is 2.38. The number of fused-ring (bicyclic) bond motifs is 2. The van der Waals surface area contributed by atoms with Crippen molar-refractivity contribution in [2.75, 3.05) is 5.32 Å². The number of halogens is 2. The van der Waals surface area contributed by atoms with Gasteiger partial charge in [-0.05, 0) is 87.3 Å². The van der Waals surface area contributed by atoms with E-state index in [2.05, 4.69) is 5.32 Å². The van der Waals surface area contributed by atoms with Crippen LogP contribution >= 0.6 is 11.6 Å². The maximum atomic E-state index is 13.8. The molecule has 2 bridgehead atoms. The van der Waals surface area contributed by atoms with Gasteiger partial charge in [0.05, 0.1) is 20.8 Å². The number of amides is 1. The van der Waals surface area contributed by atoms with Crippen molar-refractivity contribution in [3.05, 3.63) is 58.4 Å². The van der Waals surface area contributed by atoms with Crippen molar-refractivity contribution in [2.45, 2.75) is 55.3 Å². The van der Waals surface area contributed by atoms with E-state index >= 15 is 0 Å². The van der Waals surface area contributed by atoms with E-state index in [4.69, 9.17) is 11.6 Å². The third-order valence-electron chi connectivity index (χ3n) is 6.98. The van der Waals surface area contributed by atoms with E-state index in [0.717, 1.165) is 12.8 Å². The van der Waals surface area contributed by atoms with Gasteiger partial charge >= 0.3 is 0 Å². The minimum atomic E-state index is -3.79. The van der Waals surface area contributed by atoms with Crippen molar-refractivity contribution in [3.63, 3.8) is 0 Å². The van der Waals surface area contributed by atoms with Crippen molar-refractivity contribution in [1.82, 2.24) is 0 Å². The quantitative estimate of drug-likeness (QED) is 0.682. The normalized spacial score (nSPS) is 27.8. The third-order valence-corrected chi connectivity index (χ3v) is 9.63. The van der Waals surface area contributed by atoms with E-state index < -0.39 is 32.4 Å². The third kappa shape index (κ3) is 3.99. The molecule has 2 saturated carbocycles. The van der Waals surface area contributed by atoms with E-state index in [-0.39, 0.29) is 33.0 Å². The summed E-state index contributed by atoms with van der Waals surface area (Å²) in [4.78, 5) is 12.6. The van der Waals surface area contributed by atoms with Crippen molar-refractivity contribution in [3.8, 4) is 0 Å². The molecule has 2 fully saturated rings. The molecular weight excluding hydrogens is 441 g/mol. The number of aryl methyl sites for hydroxylation is 1. The molecule has 0 saturated heterocycles. The highest BCUT2D eigenvalue weighted by Gasteiger charge is 2.53. The van der Waals surface area contributed by atoms with Crippen LogP contribution in [-0.2, 0) is 9.84 Å².